The Balaban J connectivity index is 2.31. The van der Waals surface area contributed by atoms with E-state index in [9.17, 15) is 9.90 Å². The Bertz CT molecular complexity index is 368. The normalized spacial score (nSPS) is 18.2. The van der Waals surface area contributed by atoms with Gasteiger partial charge in [-0.15, -0.1) is 11.8 Å². The summed E-state index contributed by atoms with van der Waals surface area (Å²) in [5, 5.41) is 9.18. The second-order valence-corrected chi connectivity index (χ2v) is 4.49. The van der Waals surface area contributed by atoms with Crippen LogP contribution in [0.1, 0.15) is 5.56 Å². The van der Waals surface area contributed by atoms with Crippen LogP contribution in [0.4, 0.5) is 0 Å². The highest BCUT2D eigenvalue weighted by molar-refractivity contribution is 7.98. The Labute approximate surface area is 92.4 Å². The molecule has 2 rings (SSSR count). The molecule has 0 aromatic heterocycles. The number of aliphatic carboxylic acids is 1. The number of hydrogen-bond acceptors (Lipinski definition) is 3. The number of carbonyl (C=O) groups is 1. The van der Waals surface area contributed by atoms with Crippen LogP contribution in [0.2, 0.25) is 0 Å². The third-order valence-electron chi connectivity index (χ3n) is 2.75. The molecule has 0 amide bonds. The summed E-state index contributed by atoms with van der Waals surface area (Å²) in [5.41, 5.74) is 0.0239. The van der Waals surface area contributed by atoms with E-state index in [1.54, 1.807) is 11.8 Å². The lowest BCUT2D eigenvalue weighted by Crippen LogP contribution is -2.53. The summed E-state index contributed by atoms with van der Waals surface area (Å²) < 4.78 is 5.02. The van der Waals surface area contributed by atoms with Gasteiger partial charge in [-0.2, -0.15) is 0 Å². The molecule has 1 heterocycles. The summed E-state index contributed by atoms with van der Waals surface area (Å²) in [4.78, 5) is 12.3. The predicted molar refractivity (Wildman–Crippen MR) is 58.4 cm³/mol. The monoisotopic (exact) mass is 224 g/mol. The first-order valence-corrected chi connectivity index (χ1v) is 5.87. The molecule has 0 unspecified atom stereocenters. The fourth-order valence-electron chi connectivity index (χ4n) is 1.63. The van der Waals surface area contributed by atoms with E-state index in [4.69, 9.17) is 4.74 Å². The minimum atomic E-state index is -0.809. The Kier molecular flexibility index (Phi) is 2.71. The van der Waals surface area contributed by atoms with Crippen LogP contribution >= 0.6 is 11.8 Å². The summed E-state index contributed by atoms with van der Waals surface area (Å²) in [7, 11) is 0. The maximum absolute atomic E-state index is 11.2. The van der Waals surface area contributed by atoms with E-state index in [0.717, 1.165) is 10.5 Å². The summed E-state index contributed by atoms with van der Waals surface area (Å²) in [6, 6.07) is 7.65. The van der Waals surface area contributed by atoms with E-state index < -0.39 is 11.4 Å². The molecule has 1 fully saturated rings. The van der Waals surface area contributed by atoms with Crippen LogP contribution < -0.4 is 0 Å². The van der Waals surface area contributed by atoms with Gasteiger partial charge in [0.05, 0.1) is 13.2 Å². The highest BCUT2D eigenvalue weighted by Crippen LogP contribution is 2.33. The van der Waals surface area contributed by atoms with Crippen molar-refractivity contribution in [1.82, 2.24) is 0 Å². The van der Waals surface area contributed by atoms with E-state index in [2.05, 4.69) is 0 Å². The Morgan fingerprint density at radius 1 is 1.40 bits per heavy atom. The topological polar surface area (TPSA) is 46.5 Å². The van der Waals surface area contributed by atoms with Gasteiger partial charge in [0.2, 0.25) is 0 Å². The molecule has 0 aliphatic carbocycles. The van der Waals surface area contributed by atoms with Crippen molar-refractivity contribution in [3.05, 3.63) is 29.8 Å². The number of carboxylic acids is 1. The number of hydrogen-bond donors (Lipinski definition) is 1. The van der Waals surface area contributed by atoms with E-state index in [1.165, 1.54) is 0 Å². The van der Waals surface area contributed by atoms with Crippen LogP contribution in [-0.4, -0.2) is 30.5 Å². The molecule has 1 aliphatic rings. The van der Waals surface area contributed by atoms with Crippen LogP contribution in [0.3, 0.4) is 0 Å². The Morgan fingerprint density at radius 2 is 2.00 bits per heavy atom. The molecule has 1 N–H and O–H groups in total. The SMILES string of the molecule is CSc1ccc(C2(C(=O)O)COC2)cc1. The molecule has 0 saturated carbocycles. The van der Waals surface area contributed by atoms with Crippen molar-refractivity contribution < 1.29 is 14.6 Å². The predicted octanol–water partition coefficient (Wildman–Crippen LogP) is 1.76. The van der Waals surface area contributed by atoms with Crippen molar-refractivity contribution in [3.63, 3.8) is 0 Å². The zero-order valence-corrected chi connectivity index (χ0v) is 9.21. The standard InChI is InChI=1S/C11H12O3S/c1-15-9-4-2-8(3-5-9)11(10(12)13)6-14-7-11/h2-5H,6-7H2,1H3,(H,12,13). The molecular weight excluding hydrogens is 212 g/mol. The van der Waals surface area contributed by atoms with E-state index in [0.29, 0.717) is 0 Å². The van der Waals surface area contributed by atoms with Gasteiger partial charge in [0, 0.05) is 4.90 Å². The molecule has 80 valence electrons. The molecule has 1 saturated heterocycles. The first-order valence-electron chi connectivity index (χ1n) is 4.65. The highest BCUT2D eigenvalue weighted by atomic mass is 32.2. The van der Waals surface area contributed by atoms with Crippen molar-refractivity contribution in [3.8, 4) is 0 Å². The molecule has 0 atom stereocenters. The van der Waals surface area contributed by atoms with Crippen LogP contribution in [-0.2, 0) is 14.9 Å². The minimum absolute atomic E-state index is 0.279. The van der Waals surface area contributed by atoms with Crippen LogP contribution in [0, 0.1) is 0 Å². The molecule has 1 aromatic carbocycles. The maximum Gasteiger partial charge on any atom is 0.318 e. The third kappa shape index (κ3) is 1.64. The van der Waals surface area contributed by atoms with Crippen molar-refractivity contribution >= 4 is 17.7 Å². The number of benzene rings is 1. The number of thioether (sulfide) groups is 1. The second kappa shape index (κ2) is 3.87. The molecule has 0 bridgehead atoms. The maximum atomic E-state index is 11.2. The van der Waals surface area contributed by atoms with Crippen LogP contribution in [0.5, 0.6) is 0 Å². The van der Waals surface area contributed by atoms with Gasteiger partial charge in [-0.05, 0) is 24.0 Å². The van der Waals surface area contributed by atoms with Crippen molar-refractivity contribution in [1.29, 1.82) is 0 Å². The van der Waals surface area contributed by atoms with Gasteiger partial charge in [0.25, 0.3) is 0 Å². The molecule has 0 spiro atoms. The summed E-state index contributed by atoms with van der Waals surface area (Å²) in [6.07, 6.45) is 1.99. The van der Waals surface area contributed by atoms with Crippen molar-refractivity contribution in [2.45, 2.75) is 10.3 Å². The Morgan fingerprint density at radius 3 is 2.33 bits per heavy atom. The van der Waals surface area contributed by atoms with Gasteiger partial charge in [0.1, 0.15) is 5.41 Å². The summed E-state index contributed by atoms with van der Waals surface area (Å²) in [5.74, 6) is -0.800. The second-order valence-electron chi connectivity index (χ2n) is 3.61. The zero-order valence-electron chi connectivity index (χ0n) is 8.40. The largest absolute Gasteiger partial charge is 0.480 e. The van der Waals surface area contributed by atoms with Gasteiger partial charge in [0.15, 0.2) is 0 Å². The van der Waals surface area contributed by atoms with Crippen LogP contribution in [0.25, 0.3) is 0 Å². The highest BCUT2D eigenvalue weighted by Gasteiger charge is 2.47. The van der Waals surface area contributed by atoms with Gasteiger partial charge in [-0.1, -0.05) is 12.1 Å². The number of rotatable bonds is 3. The van der Waals surface area contributed by atoms with Gasteiger partial charge in [-0.3, -0.25) is 4.79 Å². The number of carboxylic acid groups (broad SMARTS) is 1. The number of ether oxygens (including phenoxy) is 1. The van der Waals surface area contributed by atoms with Crippen molar-refractivity contribution in [2.24, 2.45) is 0 Å². The Hall–Kier alpha value is -1.00. The van der Waals surface area contributed by atoms with E-state index in [1.807, 2.05) is 30.5 Å². The average molecular weight is 224 g/mol. The average Bonchev–Trinajstić information content (AvgIpc) is 2.16. The molecule has 3 nitrogen and oxygen atoms in total. The quantitative estimate of drug-likeness (QED) is 0.795. The lowest BCUT2D eigenvalue weighted by molar-refractivity contribution is -0.163. The third-order valence-corrected chi connectivity index (χ3v) is 3.49. The molecule has 4 heteroatoms. The summed E-state index contributed by atoms with van der Waals surface area (Å²) in [6.45, 7) is 0.557. The van der Waals surface area contributed by atoms with Gasteiger partial charge in [-0.25, -0.2) is 0 Å². The first-order chi connectivity index (χ1) is 7.19. The minimum Gasteiger partial charge on any atom is -0.480 e. The van der Waals surface area contributed by atoms with E-state index >= 15 is 0 Å². The molecule has 0 radical (unpaired) electrons. The molecular formula is C11H12O3S. The first kappa shape index (κ1) is 10.5. The summed E-state index contributed by atoms with van der Waals surface area (Å²) >= 11 is 1.64. The lowest BCUT2D eigenvalue weighted by Gasteiger charge is -2.37. The molecule has 1 aromatic rings. The lowest BCUT2D eigenvalue weighted by atomic mass is 9.79. The van der Waals surface area contributed by atoms with Crippen LogP contribution in [0.15, 0.2) is 29.2 Å². The van der Waals surface area contributed by atoms with Gasteiger partial charge >= 0.3 is 5.97 Å². The fraction of sp³-hybridized carbons (Fsp3) is 0.364. The smallest absolute Gasteiger partial charge is 0.318 e. The fourth-order valence-corrected chi connectivity index (χ4v) is 2.04. The molecule has 15 heavy (non-hydrogen) atoms. The van der Waals surface area contributed by atoms with E-state index in [-0.39, 0.29) is 13.2 Å². The van der Waals surface area contributed by atoms with Crippen molar-refractivity contribution in [2.75, 3.05) is 19.5 Å². The zero-order chi connectivity index (χ0) is 10.9. The van der Waals surface area contributed by atoms with Gasteiger partial charge < -0.3 is 9.84 Å². The molecule has 1 aliphatic heterocycles.